The van der Waals surface area contributed by atoms with Crippen LogP contribution in [0.1, 0.15) is 48.0 Å². The molecule has 0 amide bonds. The van der Waals surface area contributed by atoms with Crippen LogP contribution in [0.2, 0.25) is 0 Å². The Bertz CT molecular complexity index is 590. The van der Waals surface area contributed by atoms with Crippen LogP contribution in [0.25, 0.3) is 0 Å². The van der Waals surface area contributed by atoms with Gasteiger partial charge in [0.1, 0.15) is 0 Å². The lowest BCUT2D eigenvalue weighted by Gasteiger charge is -2.46. The molecule has 20 heavy (non-hydrogen) atoms. The van der Waals surface area contributed by atoms with Gasteiger partial charge in [-0.3, -0.25) is 4.90 Å². The summed E-state index contributed by atoms with van der Waals surface area (Å²) in [6.07, 6.45) is 5.20. The average Bonchev–Trinajstić information content (AvgIpc) is 2.55. The van der Waals surface area contributed by atoms with Gasteiger partial charge >= 0.3 is 0 Å². The highest BCUT2D eigenvalue weighted by Gasteiger charge is 2.35. The molecule has 1 saturated heterocycles. The van der Waals surface area contributed by atoms with Gasteiger partial charge in [-0.1, -0.05) is 61.0 Å². The third kappa shape index (κ3) is 1.97. The van der Waals surface area contributed by atoms with E-state index in [9.17, 15) is 0 Å². The number of benzene rings is 2. The van der Waals surface area contributed by atoms with Crippen molar-refractivity contribution < 1.29 is 0 Å². The van der Waals surface area contributed by atoms with E-state index in [0.29, 0.717) is 12.1 Å². The predicted molar refractivity (Wildman–Crippen MR) is 82.6 cm³/mol. The summed E-state index contributed by atoms with van der Waals surface area (Å²) in [7, 11) is 0. The van der Waals surface area contributed by atoms with Gasteiger partial charge in [0.25, 0.3) is 0 Å². The molecule has 2 aliphatic heterocycles. The Balaban J connectivity index is 1.78. The number of rotatable bonds is 1. The Hall–Kier alpha value is -1.60. The van der Waals surface area contributed by atoms with Gasteiger partial charge in [-0.25, -0.2) is 0 Å². The van der Waals surface area contributed by atoms with Crippen molar-refractivity contribution in [2.45, 2.75) is 37.8 Å². The maximum atomic E-state index is 2.75. The molecular formula is C19H21N. The van der Waals surface area contributed by atoms with Crippen molar-refractivity contribution in [2.75, 3.05) is 6.54 Å². The van der Waals surface area contributed by atoms with E-state index in [1.807, 2.05) is 0 Å². The minimum absolute atomic E-state index is 0.566. The molecule has 2 atom stereocenters. The standard InChI is InChI=1S/C19H21N/c1-2-8-15(9-3-1)19-14-16-10-4-5-11-17(16)18-12-6-7-13-20(18)19/h1-5,8-11,18-19H,6-7,12-14H2/t18-,19-/m0/s1. The lowest BCUT2D eigenvalue weighted by atomic mass is 9.81. The van der Waals surface area contributed by atoms with Crippen LogP contribution in [-0.2, 0) is 6.42 Å². The van der Waals surface area contributed by atoms with E-state index < -0.39 is 0 Å². The second-order valence-electron chi connectivity index (χ2n) is 6.08. The molecule has 0 unspecified atom stereocenters. The maximum absolute atomic E-state index is 2.75. The highest BCUT2D eigenvalue weighted by atomic mass is 15.2. The van der Waals surface area contributed by atoms with Crippen molar-refractivity contribution >= 4 is 0 Å². The van der Waals surface area contributed by atoms with Crippen LogP contribution >= 0.6 is 0 Å². The summed E-state index contributed by atoms with van der Waals surface area (Å²) in [6.45, 7) is 1.25. The average molecular weight is 263 g/mol. The number of fused-ring (bicyclic) bond motifs is 3. The van der Waals surface area contributed by atoms with Gasteiger partial charge < -0.3 is 0 Å². The fourth-order valence-corrected chi connectivity index (χ4v) is 4.02. The van der Waals surface area contributed by atoms with Crippen LogP contribution in [0.15, 0.2) is 54.6 Å². The van der Waals surface area contributed by atoms with Gasteiger partial charge in [0.15, 0.2) is 0 Å². The van der Waals surface area contributed by atoms with E-state index in [1.165, 1.54) is 31.4 Å². The Morgan fingerprint density at radius 1 is 0.800 bits per heavy atom. The first-order valence-electron chi connectivity index (χ1n) is 7.82. The quantitative estimate of drug-likeness (QED) is 0.731. The molecule has 1 fully saturated rings. The monoisotopic (exact) mass is 263 g/mol. The van der Waals surface area contributed by atoms with E-state index in [1.54, 1.807) is 11.1 Å². The molecule has 2 aliphatic rings. The molecule has 4 rings (SSSR count). The van der Waals surface area contributed by atoms with Gasteiger partial charge in [0.2, 0.25) is 0 Å². The summed E-state index contributed by atoms with van der Waals surface area (Å²) in [5.41, 5.74) is 4.62. The lowest BCUT2D eigenvalue weighted by Crippen LogP contribution is -2.41. The topological polar surface area (TPSA) is 3.24 Å². The van der Waals surface area contributed by atoms with Gasteiger partial charge in [0.05, 0.1) is 0 Å². The van der Waals surface area contributed by atoms with E-state index >= 15 is 0 Å². The Kier molecular flexibility index (Phi) is 3.08. The number of hydrogen-bond acceptors (Lipinski definition) is 1. The Morgan fingerprint density at radius 2 is 1.60 bits per heavy atom. The van der Waals surface area contributed by atoms with E-state index in [-0.39, 0.29) is 0 Å². The first-order valence-corrected chi connectivity index (χ1v) is 7.82. The van der Waals surface area contributed by atoms with Crippen molar-refractivity contribution in [3.05, 3.63) is 71.3 Å². The maximum Gasteiger partial charge on any atom is 0.0394 e. The summed E-state index contributed by atoms with van der Waals surface area (Å²) < 4.78 is 0. The molecule has 0 aliphatic carbocycles. The van der Waals surface area contributed by atoms with E-state index in [4.69, 9.17) is 0 Å². The van der Waals surface area contributed by atoms with Crippen molar-refractivity contribution in [3.63, 3.8) is 0 Å². The largest absolute Gasteiger partial charge is 0.289 e. The third-order valence-corrected chi connectivity index (χ3v) is 4.96. The SMILES string of the molecule is c1ccc([C@@H]2Cc3ccccc3[C@@H]3CCCCN23)cc1. The van der Waals surface area contributed by atoms with Crippen molar-refractivity contribution in [2.24, 2.45) is 0 Å². The van der Waals surface area contributed by atoms with Crippen LogP contribution in [0.4, 0.5) is 0 Å². The molecule has 0 N–H and O–H groups in total. The molecule has 0 bridgehead atoms. The zero-order valence-corrected chi connectivity index (χ0v) is 11.8. The number of nitrogens with zero attached hydrogens (tertiary/aromatic N) is 1. The summed E-state index contributed by atoms with van der Waals surface area (Å²) in [6, 6.07) is 21.3. The van der Waals surface area contributed by atoms with Gasteiger partial charge in [0, 0.05) is 12.1 Å². The second kappa shape index (κ2) is 5.06. The molecule has 2 aromatic carbocycles. The Morgan fingerprint density at radius 3 is 2.50 bits per heavy atom. The van der Waals surface area contributed by atoms with Crippen LogP contribution in [0.5, 0.6) is 0 Å². The third-order valence-electron chi connectivity index (χ3n) is 4.96. The summed E-state index contributed by atoms with van der Waals surface area (Å²) in [5.74, 6) is 0. The normalized spacial score (nSPS) is 25.8. The van der Waals surface area contributed by atoms with Gasteiger partial charge in [-0.15, -0.1) is 0 Å². The lowest BCUT2D eigenvalue weighted by molar-refractivity contribution is 0.0806. The highest BCUT2D eigenvalue weighted by molar-refractivity contribution is 5.36. The molecule has 1 heteroatoms. The van der Waals surface area contributed by atoms with Crippen LogP contribution in [0, 0.1) is 0 Å². The molecule has 0 spiro atoms. The zero-order chi connectivity index (χ0) is 13.4. The first kappa shape index (κ1) is 12.2. The van der Waals surface area contributed by atoms with E-state index in [0.717, 1.165) is 6.42 Å². The highest BCUT2D eigenvalue weighted by Crippen LogP contribution is 2.44. The number of hydrogen-bond donors (Lipinski definition) is 0. The Labute approximate surface area is 121 Å². The molecular weight excluding hydrogens is 242 g/mol. The van der Waals surface area contributed by atoms with Crippen molar-refractivity contribution in [1.82, 2.24) is 4.90 Å². The molecule has 102 valence electrons. The van der Waals surface area contributed by atoms with Gasteiger partial charge in [-0.2, -0.15) is 0 Å². The predicted octanol–water partition coefficient (Wildman–Crippen LogP) is 4.51. The summed E-state index contributed by atoms with van der Waals surface area (Å²) in [5, 5.41) is 0. The molecule has 2 heterocycles. The molecule has 0 saturated carbocycles. The first-order chi connectivity index (χ1) is 9.93. The fourth-order valence-electron chi connectivity index (χ4n) is 4.02. The van der Waals surface area contributed by atoms with Crippen molar-refractivity contribution in [3.8, 4) is 0 Å². The van der Waals surface area contributed by atoms with E-state index in [2.05, 4.69) is 59.5 Å². The molecule has 0 radical (unpaired) electrons. The zero-order valence-electron chi connectivity index (χ0n) is 11.8. The summed E-state index contributed by atoms with van der Waals surface area (Å²) >= 11 is 0. The minimum Gasteiger partial charge on any atom is -0.289 e. The van der Waals surface area contributed by atoms with Gasteiger partial charge in [-0.05, 0) is 42.5 Å². The smallest absolute Gasteiger partial charge is 0.0394 e. The van der Waals surface area contributed by atoms with Crippen LogP contribution in [-0.4, -0.2) is 11.4 Å². The van der Waals surface area contributed by atoms with Crippen LogP contribution in [0.3, 0.4) is 0 Å². The number of piperidine rings is 1. The van der Waals surface area contributed by atoms with Crippen LogP contribution < -0.4 is 0 Å². The fraction of sp³-hybridized carbons (Fsp3) is 0.368. The second-order valence-corrected chi connectivity index (χ2v) is 6.08. The molecule has 1 nitrogen and oxygen atoms in total. The van der Waals surface area contributed by atoms with Crippen molar-refractivity contribution in [1.29, 1.82) is 0 Å². The minimum atomic E-state index is 0.566. The molecule has 2 aromatic rings. The summed E-state index contributed by atoms with van der Waals surface area (Å²) in [4.78, 5) is 2.75. The molecule has 0 aromatic heterocycles.